The van der Waals surface area contributed by atoms with E-state index >= 15 is 0 Å². The van der Waals surface area contributed by atoms with Crippen molar-refractivity contribution in [2.45, 2.75) is 20.8 Å². The number of rotatable bonds is 6. The van der Waals surface area contributed by atoms with E-state index in [4.69, 9.17) is 0 Å². The fourth-order valence-electron chi connectivity index (χ4n) is 2.03. The van der Waals surface area contributed by atoms with Crippen LogP contribution in [0.3, 0.4) is 0 Å². The lowest BCUT2D eigenvalue weighted by Gasteiger charge is -2.28. The first-order chi connectivity index (χ1) is 8.04. The van der Waals surface area contributed by atoms with Gasteiger partial charge in [0, 0.05) is 19.3 Å². The summed E-state index contributed by atoms with van der Waals surface area (Å²) in [7, 11) is 4.21. The van der Waals surface area contributed by atoms with Crippen LogP contribution in [0.5, 0.6) is 0 Å². The lowest BCUT2D eigenvalue weighted by Crippen LogP contribution is -2.34. The summed E-state index contributed by atoms with van der Waals surface area (Å²) in [5, 5.41) is 3.29. The van der Waals surface area contributed by atoms with Crippen LogP contribution in [0.15, 0.2) is 24.3 Å². The number of aryl methyl sites for hydroxylation is 1. The van der Waals surface area contributed by atoms with Gasteiger partial charge in [-0.25, -0.2) is 0 Å². The standard InChI is InChI=1S/C15H26N2/c1-12(2)14(10-16-4)11-17(5)15-8-6-13(3)7-9-15/h6-9,12,14,16H,10-11H2,1-5H3. The summed E-state index contributed by atoms with van der Waals surface area (Å²) in [4.78, 5) is 2.35. The molecule has 0 aliphatic rings. The van der Waals surface area contributed by atoms with Crippen LogP contribution in [0, 0.1) is 18.8 Å². The Morgan fingerprint density at radius 2 is 1.76 bits per heavy atom. The monoisotopic (exact) mass is 234 g/mol. The molecule has 0 aliphatic heterocycles. The Labute approximate surface area is 106 Å². The largest absolute Gasteiger partial charge is 0.374 e. The van der Waals surface area contributed by atoms with Gasteiger partial charge in [0.15, 0.2) is 0 Å². The van der Waals surface area contributed by atoms with Crippen LogP contribution < -0.4 is 10.2 Å². The van der Waals surface area contributed by atoms with Gasteiger partial charge in [0.2, 0.25) is 0 Å². The van der Waals surface area contributed by atoms with Crippen molar-refractivity contribution >= 4 is 5.69 Å². The van der Waals surface area contributed by atoms with Crippen molar-refractivity contribution in [3.05, 3.63) is 29.8 Å². The molecular formula is C15H26N2. The van der Waals surface area contributed by atoms with Crippen LogP contribution in [0.1, 0.15) is 19.4 Å². The summed E-state index contributed by atoms with van der Waals surface area (Å²) in [6.45, 7) is 8.90. The molecule has 0 spiro atoms. The maximum absolute atomic E-state index is 3.29. The molecule has 0 saturated heterocycles. The quantitative estimate of drug-likeness (QED) is 0.814. The molecule has 17 heavy (non-hydrogen) atoms. The van der Waals surface area contributed by atoms with Gasteiger partial charge in [-0.1, -0.05) is 31.5 Å². The second-order valence-corrected chi connectivity index (χ2v) is 5.28. The topological polar surface area (TPSA) is 15.3 Å². The molecule has 0 saturated carbocycles. The Morgan fingerprint density at radius 1 is 1.18 bits per heavy atom. The van der Waals surface area contributed by atoms with Crippen molar-refractivity contribution in [2.75, 3.05) is 32.1 Å². The lowest BCUT2D eigenvalue weighted by molar-refractivity contribution is 0.376. The Hall–Kier alpha value is -1.02. The molecular weight excluding hydrogens is 208 g/mol. The minimum Gasteiger partial charge on any atom is -0.374 e. The summed E-state index contributed by atoms with van der Waals surface area (Å²) >= 11 is 0. The lowest BCUT2D eigenvalue weighted by atomic mass is 9.95. The van der Waals surface area contributed by atoms with E-state index < -0.39 is 0 Å². The summed E-state index contributed by atoms with van der Waals surface area (Å²) in [5.41, 5.74) is 2.62. The van der Waals surface area contributed by atoms with Crippen LogP contribution in [0.2, 0.25) is 0 Å². The van der Waals surface area contributed by atoms with E-state index in [1.807, 2.05) is 7.05 Å². The Kier molecular flexibility index (Phi) is 5.49. The first kappa shape index (κ1) is 14.0. The highest BCUT2D eigenvalue weighted by atomic mass is 15.1. The van der Waals surface area contributed by atoms with Crippen molar-refractivity contribution in [1.29, 1.82) is 0 Å². The highest BCUT2D eigenvalue weighted by Crippen LogP contribution is 2.18. The predicted octanol–water partition coefficient (Wildman–Crippen LogP) is 2.92. The van der Waals surface area contributed by atoms with E-state index in [0.29, 0.717) is 11.8 Å². The minimum atomic E-state index is 0.686. The number of benzene rings is 1. The number of anilines is 1. The van der Waals surface area contributed by atoms with Crippen LogP contribution in [0.25, 0.3) is 0 Å². The van der Waals surface area contributed by atoms with Crippen LogP contribution >= 0.6 is 0 Å². The molecule has 0 heterocycles. The average molecular weight is 234 g/mol. The van der Waals surface area contributed by atoms with Gasteiger partial charge in [-0.3, -0.25) is 0 Å². The van der Waals surface area contributed by atoms with Crippen LogP contribution in [-0.4, -0.2) is 27.2 Å². The molecule has 0 radical (unpaired) electrons. The summed E-state index contributed by atoms with van der Waals surface area (Å²) < 4.78 is 0. The van der Waals surface area contributed by atoms with E-state index in [9.17, 15) is 0 Å². The fourth-order valence-corrected chi connectivity index (χ4v) is 2.03. The molecule has 1 aromatic rings. The zero-order valence-electron chi connectivity index (χ0n) is 11.8. The maximum atomic E-state index is 3.29. The highest BCUT2D eigenvalue weighted by molar-refractivity contribution is 5.46. The summed E-state index contributed by atoms with van der Waals surface area (Å²) in [6, 6.07) is 8.75. The molecule has 0 bridgehead atoms. The van der Waals surface area contributed by atoms with Crippen molar-refractivity contribution in [3.8, 4) is 0 Å². The van der Waals surface area contributed by atoms with E-state index in [2.05, 4.69) is 62.3 Å². The van der Waals surface area contributed by atoms with Crippen molar-refractivity contribution < 1.29 is 0 Å². The highest BCUT2D eigenvalue weighted by Gasteiger charge is 2.15. The van der Waals surface area contributed by atoms with Crippen molar-refractivity contribution in [3.63, 3.8) is 0 Å². The molecule has 2 heteroatoms. The van der Waals surface area contributed by atoms with Gasteiger partial charge in [-0.2, -0.15) is 0 Å². The van der Waals surface area contributed by atoms with E-state index in [1.54, 1.807) is 0 Å². The Morgan fingerprint density at radius 3 is 2.24 bits per heavy atom. The van der Waals surface area contributed by atoms with E-state index in [1.165, 1.54) is 11.3 Å². The van der Waals surface area contributed by atoms with Crippen LogP contribution in [-0.2, 0) is 0 Å². The Bertz CT molecular complexity index is 316. The number of hydrogen-bond acceptors (Lipinski definition) is 2. The van der Waals surface area contributed by atoms with Gasteiger partial charge in [0.1, 0.15) is 0 Å². The van der Waals surface area contributed by atoms with Gasteiger partial charge < -0.3 is 10.2 Å². The third-order valence-corrected chi connectivity index (χ3v) is 3.39. The first-order valence-corrected chi connectivity index (χ1v) is 6.47. The maximum Gasteiger partial charge on any atom is 0.0363 e. The van der Waals surface area contributed by atoms with Gasteiger partial charge in [0.25, 0.3) is 0 Å². The molecule has 1 rings (SSSR count). The SMILES string of the molecule is CNCC(CN(C)c1ccc(C)cc1)C(C)C. The third-order valence-electron chi connectivity index (χ3n) is 3.39. The summed E-state index contributed by atoms with van der Waals surface area (Å²) in [6.07, 6.45) is 0. The molecule has 0 aromatic heterocycles. The Balaban J connectivity index is 2.63. The van der Waals surface area contributed by atoms with Gasteiger partial charge in [-0.15, -0.1) is 0 Å². The van der Waals surface area contributed by atoms with E-state index in [0.717, 1.165) is 13.1 Å². The molecule has 1 N–H and O–H groups in total. The average Bonchev–Trinajstić information content (AvgIpc) is 2.29. The van der Waals surface area contributed by atoms with E-state index in [-0.39, 0.29) is 0 Å². The van der Waals surface area contributed by atoms with Crippen molar-refractivity contribution in [1.82, 2.24) is 5.32 Å². The smallest absolute Gasteiger partial charge is 0.0363 e. The number of nitrogens with zero attached hydrogens (tertiary/aromatic N) is 1. The molecule has 2 nitrogen and oxygen atoms in total. The molecule has 1 unspecified atom stereocenters. The molecule has 0 aliphatic carbocycles. The van der Waals surface area contributed by atoms with Gasteiger partial charge in [-0.05, 0) is 44.5 Å². The molecule has 96 valence electrons. The molecule has 1 aromatic carbocycles. The first-order valence-electron chi connectivity index (χ1n) is 6.47. The van der Waals surface area contributed by atoms with Crippen molar-refractivity contribution in [2.24, 2.45) is 11.8 Å². The zero-order valence-corrected chi connectivity index (χ0v) is 11.8. The zero-order chi connectivity index (χ0) is 12.8. The molecule has 0 amide bonds. The third kappa shape index (κ3) is 4.39. The van der Waals surface area contributed by atoms with Crippen LogP contribution in [0.4, 0.5) is 5.69 Å². The second-order valence-electron chi connectivity index (χ2n) is 5.28. The summed E-state index contributed by atoms with van der Waals surface area (Å²) in [5.74, 6) is 1.39. The minimum absolute atomic E-state index is 0.686. The predicted molar refractivity (Wildman–Crippen MR) is 76.7 cm³/mol. The van der Waals surface area contributed by atoms with Gasteiger partial charge in [0.05, 0.1) is 0 Å². The molecule has 1 atom stereocenters. The van der Waals surface area contributed by atoms with Gasteiger partial charge >= 0.3 is 0 Å². The number of nitrogens with one attached hydrogen (secondary N) is 1. The number of hydrogen-bond donors (Lipinski definition) is 1. The molecule has 0 fully saturated rings. The fraction of sp³-hybridized carbons (Fsp3) is 0.600. The second kappa shape index (κ2) is 6.65. The normalized spacial score (nSPS) is 12.8.